The first-order chi connectivity index (χ1) is 13.1. The van der Waals surface area contributed by atoms with Crippen LogP contribution in [-0.4, -0.2) is 86.5 Å². The number of ether oxygens (including phenoxy) is 1. The van der Waals surface area contributed by atoms with Crippen molar-refractivity contribution < 1.29 is 13.2 Å². The molecule has 4 rings (SSSR count). The van der Waals surface area contributed by atoms with Crippen LogP contribution in [0.15, 0.2) is 6.07 Å². The highest BCUT2D eigenvalue weighted by molar-refractivity contribution is 7.72. The summed E-state index contributed by atoms with van der Waals surface area (Å²) in [6.07, 6.45) is 0. The zero-order chi connectivity index (χ0) is 18.8. The fourth-order valence-electron chi connectivity index (χ4n) is 3.48. The number of nitrogens with zero attached hydrogens (tertiary/aromatic N) is 5. The van der Waals surface area contributed by atoms with Crippen LogP contribution in [0.5, 0.6) is 0 Å². The molecule has 11 heteroatoms. The Labute approximate surface area is 168 Å². The van der Waals surface area contributed by atoms with Crippen LogP contribution in [-0.2, 0) is 22.0 Å². The Bertz CT molecular complexity index is 868. The van der Waals surface area contributed by atoms with Gasteiger partial charge < -0.3 is 9.64 Å². The quantitative estimate of drug-likeness (QED) is 0.552. The molecule has 0 unspecified atom stereocenters. The number of hydrogen-bond donors (Lipinski definition) is 1. The first kappa shape index (κ1) is 19.3. The van der Waals surface area contributed by atoms with Crippen molar-refractivity contribution in [3.63, 3.8) is 0 Å². The van der Waals surface area contributed by atoms with E-state index < -0.39 is 10.7 Å². The highest BCUT2D eigenvalue weighted by Crippen LogP contribution is 2.34. The lowest BCUT2D eigenvalue weighted by Crippen LogP contribution is -2.46. The summed E-state index contributed by atoms with van der Waals surface area (Å²) in [5.74, 6) is 1.05. The number of halogens is 1. The second kappa shape index (κ2) is 8.54. The minimum atomic E-state index is -2.34. The van der Waals surface area contributed by atoms with Crippen LogP contribution in [0.4, 0.5) is 5.82 Å². The van der Waals surface area contributed by atoms with Crippen LogP contribution in [0.1, 0.15) is 4.88 Å². The van der Waals surface area contributed by atoms with Gasteiger partial charge in [-0.3, -0.25) is 9.80 Å². The standard InChI is InChI=1S/C16H22ClN5O3S2/c17-16-18-13-9-12(10-20-1-3-21(4-2-20)11-27(23)24)26-14(13)15(19-16)22-5-7-25-8-6-22/h9,27H,1-8,10-11H2. The molecule has 2 fully saturated rings. The molecule has 27 heavy (non-hydrogen) atoms. The molecule has 0 saturated carbocycles. The number of anilines is 1. The van der Waals surface area contributed by atoms with Crippen LogP contribution in [0, 0.1) is 0 Å². The third kappa shape index (κ3) is 4.69. The molecular weight excluding hydrogens is 410 g/mol. The van der Waals surface area contributed by atoms with Gasteiger partial charge in [0.2, 0.25) is 5.28 Å². The average Bonchev–Trinajstić information content (AvgIpc) is 3.05. The van der Waals surface area contributed by atoms with Crippen LogP contribution in [0.2, 0.25) is 5.28 Å². The van der Waals surface area contributed by atoms with E-state index in [1.807, 2.05) is 4.90 Å². The maximum absolute atomic E-state index is 10.9. The lowest BCUT2D eigenvalue weighted by atomic mass is 10.3. The third-order valence-corrected chi connectivity index (χ3v) is 6.75. The summed E-state index contributed by atoms with van der Waals surface area (Å²) in [6, 6.07) is 2.10. The number of aromatic nitrogens is 2. The van der Waals surface area contributed by atoms with Crippen molar-refractivity contribution in [1.29, 1.82) is 0 Å². The van der Waals surface area contributed by atoms with Gasteiger partial charge >= 0.3 is 0 Å². The van der Waals surface area contributed by atoms with Gasteiger partial charge in [0.15, 0.2) is 16.5 Å². The van der Waals surface area contributed by atoms with E-state index in [0.29, 0.717) is 13.2 Å². The number of piperazine rings is 1. The summed E-state index contributed by atoms with van der Waals surface area (Å²) in [6.45, 7) is 7.11. The normalized spacial score (nSPS) is 20.0. The highest BCUT2D eigenvalue weighted by atomic mass is 35.5. The van der Waals surface area contributed by atoms with Gasteiger partial charge in [-0.05, 0) is 17.7 Å². The summed E-state index contributed by atoms with van der Waals surface area (Å²) >= 11 is 7.87. The predicted octanol–water partition coefficient (Wildman–Crippen LogP) is 0.868. The molecule has 0 N–H and O–H groups in total. The van der Waals surface area contributed by atoms with E-state index in [0.717, 1.165) is 61.8 Å². The largest absolute Gasteiger partial charge is 0.378 e. The summed E-state index contributed by atoms with van der Waals surface area (Å²) < 4.78 is 28.3. The second-order valence-corrected chi connectivity index (χ2v) is 9.13. The molecule has 8 nitrogen and oxygen atoms in total. The molecule has 2 aromatic heterocycles. The van der Waals surface area contributed by atoms with Crippen LogP contribution in [0.25, 0.3) is 10.2 Å². The molecule has 0 aromatic carbocycles. The molecule has 2 aliphatic rings. The number of thiophene rings is 1. The first-order valence-electron chi connectivity index (χ1n) is 8.93. The first-order valence-corrected chi connectivity index (χ1v) is 11.5. The Hall–Kier alpha value is -1.04. The topological polar surface area (TPSA) is 78.9 Å². The minimum Gasteiger partial charge on any atom is -0.378 e. The van der Waals surface area contributed by atoms with Gasteiger partial charge in [0.05, 0.1) is 29.3 Å². The molecule has 148 valence electrons. The van der Waals surface area contributed by atoms with Crippen molar-refractivity contribution >= 4 is 49.7 Å². The van der Waals surface area contributed by atoms with Crippen LogP contribution in [0.3, 0.4) is 0 Å². The fourth-order valence-corrected chi connectivity index (χ4v) is 5.41. The van der Waals surface area contributed by atoms with Crippen molar-refractivity contribution in [3.05, 3.63) is 16.2 Å². The zero-order valence-electron chi connectivity index (χ0n) is 14.8. The fraction of sp³-hybridized carbons (Fsp3) is 0.625. The lowest BCUT2D eigenvalue weighted by Gasteiger charge is -2.33. The molecule has 0 atom stereocenters. The van der Waals surface area contributed by atoms with Crippen molar-refractivity contribution in [3.8, 4) is 0 Å². The smallest absolute Gasteiger partial charge is 0.224 e. The van der Waals surface area contributed by atoms with Crippen molar-refractivity contribution in [2.75, 3.05) is 63.3 Å². The molecule has 2 saturated heterocycles. The second-order valence-electron chi connectivity index (χ2n) is 6.71. The zero-order valence-corrected chi connectivity index (χ0v) is 17.3. The summed E-state index contributed by atoms with van der Waals surface area (Å²) in [5.41, 5.74) is 0.887. The maximum atomic E-state index is 10.9. The Kier molecular flexibility index (Phi) is 6.10. The van der Waals surface area contributed by atoms with Gasteiger partial charge in [0.1, 0.15) is 0 Å². The molecule has 0 amide bonds. The van der Waals surface area contributed by atoms with Gasteiger partial charge in [0.25, 0.3) is 0 Å². The minimum absolute atomic E-state index is 0.156. The monoisotopic (exact) mass is 431 g/mol. The third-order valence-electron chi connectivity index (χ3n) is 4.85. The van der Waals surface area contributed by atoms with Gasteiger partial charge in [-0.25, -0.2) is 13.4 Å². The van der Waals surface area contributed by atoms with E-state index in [1.54, 1.807) is 11.3 Å². The molecule has 0 aliphatic carbocycles. The van der Waals surface area contributed by atoms with E-state index >= 15 is 0 Å². The number of rotatable bonds is 5. The average molecular weight is 432 g/mol. The van der Waals surface area contributed by atoms with Crippen LogP contribution >= 0.6 is 22.9 Å². The number of thiol groups is 1. The van der Waals surface area contributed by atoms with E-state index in [2.05, 4.69) is 25.8 Å². The molecule has 0 spiro atoms. The lowest BCUT2D eigenvalue weighted by molar-refractivity contribution is 0.122. The number of fused-ring (bicyclic) bond motifs is 1. The maximum Gasteiger partial charge on any atom is 0.224 e. The molecule has 0 radical (unpaired) electrons. The predicted molar refractivity (Wildman–Crippen MR) is 107 cm³/mol. The van der Waals surface area contributed by atoms with E-state index in [1.165, 1.54) is 4.88 Å². The summed E-state index contributed by atoms with van der Waals surface area (Å²) in [7, 11) is -2.34. The van der Waals surface area contributed by atoms with Crippen molar-refractivity contribution in [2.24, 2.45) is 0 Å². The van der Waals surface area contributed by atoms with Crippen LogP contribution < -0.4 is 4.90 Å². The Morgan fingerprint density at radius 3 is 2.48 bits per heavy atom. The molecular formula is C16H22ClN5O3S2. The van der Waals surface area contributed by atoms with Gasteiger partial charge in [0, 0.05) is 50.7 Å². The molecule has 0 bridgehead atoms. The number of morpholine rings is 1. The SMILES string of the molecule is O=[SH](=O)CN1CCN(Cc2cc3nc(Cl)nc(N4CCOCC4)c3s2)CC1. The Morgan fingerprint density at radius 2 is 1.78 bits per heavy atom. The number of hydrogen-bond acceptors (Lipinski definition) is 9. The van der Waals surface area contributed by atoms with Gasteiger partial charge in [-0.1, -0.05) is 0 Å². The van der Waals surface area contributed by atoms with E-state index in [-0.39, 0.29) is 11.2 Å². The van der Waals surface area contributed by atoms with E-state index in [4.69, 9.17) is 16.3 Å². The Morgan fingerprint density at radius 1 is 1.07 bits per heavy atom. The van der Waals surface area contributed by atoms with E-state index in [9.17, 15) is 8.42 Å². The van der Waals surface area contributed by atoms with Crippen molar-refractivity contribution in [2.45, 2.75) is 6.54 Å². The molecule has 2 aromatic rings. The molecule has 2 aliphatic heterocycles. The van der Waals surface area contributed by atoms with Gasteiger partial charge in [-0.15, -0.1) is 11.3 Å². The highest BCUT2D eigenvalue weighted by Gasteiger charge is 2.21. The van der Waals surface area contributed by atoms with Gasteiger partial charge in [-0.2, -0.15) is 4.98 Å². The Balaban J connectivity index is 1.49. The summed E-state index contributed by atoms with van der Waals surface area (Å²) in [5, 5.41) is 0.272. The molecule has 4 heterocycles. The summed E-state index contributed by atoms with van der Waals surface area (Å²) in [4.78, 5) is 16.6. The van der Waals surface area contributed by atoms with Crippen molar-refractivity contribution in [1.82, 2.24) is 19.8 Å².